The van der Waals surface area contributed by atoms with Crippen molar-refractivity contribution in [1.82, 2.24) is 14.5 Å². The van der Waals surface area contributed by atoms with Crippen molar-refractivity contribution in [3.05, 3.63) is 65.7 Å². The highest BCUT2D eigenvalue weighted by Gasteiger charge is 2.32. The maximum Gasteiger partial charge on any atom is 0.247 e. The molecule has 172 valence electrons. The van der Waals surface area contributed by atoms with E-state index in [1.54, 1.807) is 43.0 Å². The highest BCUT2D eigenvalue weighted by Crippen LogP contribution is 2.26. The molecule has 1 N–H and O–H groups in total. The zero-order valence-corrected chi connectivity index (χ0v) is 19.5. The lowest BCUT2D eigenvalue weighted by Crippen LogP contribution is -2.45. The van der Waals surface area contributed by atoms with Crippen LogP contribution in [0.2, 0.25) is 0 Å². The van der Waals surface area contributed by atoms with Gasteiger partial charge in [-0.05, 0) is 36.1 Å². The number of rotatable bonds is 9. The number of hydrogen-bond donors (Lipinski definition) is 1. The van der Waals surface area contributed by atoms with Gasteiger partial charge in [-0.1, -0.05) is 56.3 Å². The van der Waals surface area contributed by atoms with Crippen molar-refractivity contribution >= 4 is 21.8 Å². The highest BCUT2D eigenvalue weighted by atomic mass is 32.2. The van der Waals surface area contributed by atoms with Crippen molar-refractivity contribution in [2.24, 2.45) is 0 Å². The summed E-state index contributed by atoms with van der Waals surface area (Å²) in [5, 5.41) is 2.93. The van der Waals surface area contributed by atoms with Crippen molar-refractivity contribution in [2.45, 2.75) is 50.6 Å². The summed E-state index contributed by atoms with van der Waals surface area (Å²) in [6.07, 6.45) is 2.19. The number of piperidine rings is 1. The van der Waals surface area contributed by atoms with Gasteiger partial charge in [0.15, 0.2) is 0 Å². The summed E-state index contributed by atoms with van der Waals surface area (Å²) in [5.41, 5.74) is 1.56. The predicted molar refractivity (Wildman–Crippen MR) is 123 cm³/mol. The number of carbonyl (C=O) groups is 2. The second-order valence-electron chi connectivity index (χ2n) is 7.81. The fraction of sp³-hybridized carbons (Fsp3) is 0.417. The first kappa shape index (κ1) is 23.9. The normalized spacial score (nSPS) is 15.6. The van der Waals surface area contributed by atoms with Crippen molar-refractivity contribution in [3.63, 3.8) is 0 Å². The first-order chi connectivity index (χ1) is 15.4. The van der Waals surface area contributed by atoms with Gasteiger partial charge in [0.1, 0.15) is 6.04 Å². The molecule has 8 heteroatoms. The van der Waals surface area contributed by atoms with Gasteiger partial charge in [-0.15, -0.1) is 0 Å². The molecule has 3 rings (SSSR count). The molecule has 0 radical (unpaired) electrons. The lowest BCUT2D eigenvalue weighted by atomic mass is 10.0. The van der Waals surface area contributed by atoms with E-state index in [1.807, 2.05) is 30.3 Å². The number of hydrogen-bond acceptors (Lipinski definition) is 4. The van der Waals surface area contributed by atoms with Gasteiger partial charge in [-0.3, -0.25) is 9.59 Å². The Bertz CT molecular complexity index is 1020. The third-order valence-electron chi connectivity index (χ3n) is 5.77. The number of nitrogens with zero attached hydrogens (tertiary/aromatic N) is 2. The number of sulfonamides is 1. The van der Waals surface area contributed by atoms with E-state index in [0.717, 1.165) is 24.0 Å². The van der Waals surface area contributed by atoms with Crippen LogP contribution in [0.4, 0.5) is 0 Å². The first-order valence-electron chi connectivity index (χ1n) is 11.1. The summed E-state index contributed by atoms with van der Waals surface area (Å²) in [4.78, 5) is 27.6. The van der Waals surface area contributed by atoms with Gasteiger partial charge in [-0.2, -0.15) is 4.31 Å². The quantitative estimate of drug-likeness (QED) is 0.627. The van der Waals surface area contributed by atoms with Crippen LogP contribution in [0.15, 0.2) is 59.5 Å². The standard InChI is InChI=1S/C24H31N3O4S/c1-3-26(4-2)32(30,31)21-15-13-19(14-16-21)18-25-24(29)23(20-10-6-5-7-11-20)27-17-9-8-12-22(27)28/h5-7,10-11,13-16,23H,3-4,8-9,12,17-18H2,1-2H3,(H,25,29). The molecule has 0 bridgehead atoms. The molecule has 1 fully saturated rings. The van der Waals surface area contributed by atoms with Gasteiger partial charge in [0.05, 0.1) is 4.90 Å². The second kappa shape index (κ2) is 10.7. The third-order valence-corrected chi connectivity index (χ3v) is 7.83. The largest absolute Gasteiger partial charge is 0.350 e. The number of likely N-dealkylation sites (tertiary alicyclic amines) is 1. The van der Waals surface area contributed by atoms with Crippen LogP contribution in [0.3, 0.4) is 0 Å². The summed E-state index contributed by atoms with van der Waals surface area (Å²) in [7, 11) is -3.52. The molecule has 1 saturated heterocycles. The topological polar surface area (TPSA) is 86.8 Å². The smallest absolute Gasteiger partial charge is 0.247 e. The Hall–Kier alpha value is -2.71. The van der Waals surface area contributed by atoms with Crippen molar-refractivity contribution in [2.75, 3.05) is 19.6 Å². The molecule has 2 amide bonds. The van der Waals surface area contributed by atoms with E-state index in [-0.39, 0.29) is 23.3 Å². The average molecular weight is 458 g/mol. The van der Waals surface area contributed by atoms with E-state index >= 15 is 0 Å². The van der Waals surface area contributed by atoms with E-state index in [4.69, 9.17) is 0 Å². The molecule has 1 aliphatic heterocycles. The molecule has 32 heavy (non-hydrogen) atoms. The van der Waals surface area contributed by atoms with Gasteiger partial charge in [0.2, 0.25) is 21.8 Å². The van der Waals surface area contributed by atoms with Crippen LogP contribution in [0.5, 0.6) is 0 Å². The van der Waals surface area contributed by atoms with Crippen molar-refractivity contribution < 1.29 is 18.0 Å². The van der Waals surface area contributed by atoms with Crippen LogP contribution in [0, 0.1) is 0 Å². The van der Waals surface area contributed by atoms with E-state index in [9.17, 15) is 18.0 Å². The molecular weight excluding hydrogens is 426 g/mol. The molecule has 1 unspecified atom stereocenters. The van der Waals surface area contributed by atoms with Crippen LogP contribution >= 0.6 is 0 Å². The molecule has 0 aromatic heterocycles. The lowest BCUT2D eigenvalue weighted by Gasteiger charge is -2.34. The molecule has 1 heterocycles. The maximum absolute atomic E-state index is 13.1. The molecule has 0 saturated carbocycles. The van der Waals surface area contributed by atoms with E-state index in [1.165, 1.54) is 4.31 Å². The summed E-state index contributed by atoms with van der Waals surface area (Å²) in [6.45, 7) is 5.24. The first-order valence-corrected chi connectivity index (χ1v) is 12.5. The van der Waals surface area contributed by atoms with E-state index in [0.29, 0.717) is 26.1 Å². The lowest BCUT2D eigenvalue weighted by molar-refractivity contribution is -0.142. The number of nitrogens with one attached hydrogen (secondary N) is 1. The minimum atomic E-state index is -3.52. The van der Waals surface area contributed by atoms with Crippen LogP contribution in [-0.4, -0.2) is 49.1 Å². The Morgan fingerprint density at radius 3 is 2.28 bits per heavy atom. The van der Waals surface area contributed by atoms with E-state index in [2.05, 4.69) is 5.32 Å². The van der Waals surface area contributed by atoms with Crippen LogP contribution in [-0.2, 0) is 26.2 Å². The van der Waals surface area contributed by atoms with Gasteiger partial charge in [-0.25, -0.2) is 8.42 Å². The molecule has 7 nitrogen and oxygen atoms in total. The minimum Gasteiger partial charge on any atom is -0.350 e. The van der Waals surface area contributed by atoms with Crippen LogP contribution in [0.1, 0.15) is 50.3 Å². The van der Waals surface area contributed by atoms with Gasteiger partial charge in [0, 0.05) is 32.6 Å². The van der Waals surface area contributed by atoms with Crippen LogP contribution in [0.25, 0.3) is 0 Å². The Morgan fingerprint density at radius 2 is 1.69 bits per heavy atom. The SMILES string of the molecule is CCN(CC)S(=O)(=O)c1ccc(CNC(=O)C(c2ccccc2)N2CCCCC2=O)cc1. The highest BCUT2D eigenvalue weighted by molar-refractivity contribution is 7.89. The van der Waals surface area contributed by atoms with Gasteiger partial charge < -0.3 is 10.2 Å². The number of carbonyl (C=O) groups excluding carboxylic acids is 2. The fourth-order valence-corrected chi connectivity index (χ4v) is 5.44. The Kier molecular flexibility index (Phi) is 8.04. The molecule has 0 spiro atoms. The Labute approximate surface area is 190 Å². The van der Waals surface area contributed by atoms with Crippen LogP contribution < -0.4 is 5.32 Å². The minimum absolute atomic E-state index is 0.00813. The second-order valence-corrected chi connectivity index (χ2v) is 9.75. The monoisotopic (exact) mass is 457 g/mol. The van der Waals surface area contributed by atoms with Crippen molar-refractivity contribution in [3.8, 4) is 0 Å². The molecule has 1 atom stereocenters. The Balaban J connectivity index is 1.73. The third kappa shape index (κ3) is 5.37. The molecule has 2 aromatic rings. The Morgan fingerprint density at radius 1 is 1.03 bits per heavy atom. The van der Waals surface area contributed by atoms with E-state index < -0.39 is 16.1 Å². The molecule has 1 aliphatic rings. The summed E-state index contributed by atoms with van der Waals surface area (Å²) >= 11 is 0. The maximum atomic E-state index is 13.1. The zero-order valence-electron chi connectivity index (χ0n) is 18.7. The summed E-state index contributed by atoms with van der Waals surface area (Å²) in [6, 6.07) is 15.2. The predicted octanol–water partition coefficient (Wildman–Crippen LogP) is 3.09. The fourth-order valence-electron chi connectivity index (χ4n) is 3.99. The summed E-state index contributed by atoms with van der Waals surface area (Å²) < 4.78 is 26.7. The molecule has 2 aromatic carbocycles. The number of benzene rings is 2. The zero-order chi connectivity index (χ0) is 23.1. The number of amides is 2. The average Bonchev–Trinajstić information content (AvgIpc) is 2.81. The molecule has 0 aliphatic carbocycles. The molecular formula is C24H31N3O4S. The van der Waals surface area contributed by atoms with Crippen molar-refractivity contribution in [1.29, 1.82) is 0 Å². The van der Waals surface area contributed by atoms with Gasteiger partial charge in [0.25, 0.3) is 0 Å². The summed E-state index contributed by atoms with van der Waals surface area (Å²) in [5.74, 6) is -0.252. The van der Waals surface area contributed by atoms with Gasteiger partial charge >= 0.3 is 0 Å².